The molecule has 0 saturated carbocycles. The zero-order valence-corrected chi connectivity index (χ0v) is 15.4. The minimum Gasteiger partial charge on any atom is -0.381 e. The van der Waals surface area contributed by atoms with Gasteiger partial charge in [-0.2, -0.15) is 4.98 Å². The number of rotatable bonds is 7. The molecule has 3 heterocycles. The topological polar surface area (TPSA) is 109 Å². The Balaban J connectivity index is 1.86. The average molecular weight is 376 g/mol. The molecule has 1 fully saturated rings. The molecule has 10 heteroatoms. The summed E-state index contributed by atoms with van der Waals surface area (Å²) in [5, 5.41) is 10.6. The molecule has 3 rings (SSSR count). The van der Waals surface area contributed by atoms with Crippen molar-refractivity contribution in [2.24, 2.45) is 5.29 Å². The van der Waals surface area contributed by atoms with E-state index >= 15 is 0 Å². The molecule has 138 valence electrons. The van der Waals surface area contributed by atoms with E-state index in [-0.39, 0.29) is 6.04 Å². The van der Waals surface area contributed by atoms with Crippen LogP contribution in [0.15, 0.2) is 17.5 Å². The van der Waals surface area contributed by atoms with Crippen LogP contribution in [-0.2, 0) is 4.74 Å². The van der Waals surface area contributed by atoms with E-state index < -0.39 is 0 Å². The number of carbonyl (C=O) groups excluding carboxylic acids is 1. The lowest BCUT2D eigenvalue weighted by molar-refractivity contribution is 0.0904. The molecule has 0 bridgehead atoms. The van der Waals surface area contributed by atoms with Crippen molar-refractivity contribution in [2.75, 3.05) is 35.9 Å². The van der Waals surface area contributed by atoms with Gasteiger partial charge in [-0.15, -0.1) is 16.2 Å². The van der Waals surface area contributed by atoms with Crippen LogP contribution in [0.25, 0.3) is 0 Å². The zero-order valence-electron chi connectivity index (χ0n) is 14.6. The number of carbonyl (C=O) groups is 1. The summed E-state index contributed by atoms with van der Waals surface area (Å²) in [6.45, 7) is 3.29. The van der Waals surface area contributed by atoms with Crippen molar-refractivity contribution in [2.45, 2.75) is 25.8 Å². The number of anilines is 4. The van der Waals surface area contributed by atoms with E-state index in [1.807, 2.05) is 6.92 Å². The van der Waals surface area contributed by atoms with Crippen molar-refractivity contribution in [3.05, 3.63) is 26.9 Å². The third kappa shape index (κ3) is 4.14. The third-order valence-corrected chi connectivity index (χ3v) is 5.08. The molecule has 1 aliphatic heterocycles. The van der Waals surface area contributed by atoms with Gasteiger partial charge >= 0.3 is 0 Å². The van der Waals surface area contributed by atoms with Gasteiger partial charge in [0.05, 0.1) is 22.0 Å². The Morgan fingerprint density at radius 2 is 2.19 bits per heavy atom. The fourth-order valence-corrected chi connectivity index (χ4v) is 3.46. The van der Waals surface area contributed by atoms with E-state index in [0.717, 1.165) is 29.7 Å². The maximum atomic E-state index is 10.9. The van der Waals surface area contributed by atoms with Crippen molar-refractivity contribution in [1.29, 1.82) is 0 Å². The number of thiophene rings is 1. The first-order valence-electron chi connectivity index (χ1n) is 8.21. The van der Waals surface area contributed by atoms with Crippen molar-refractivity contribution in [3.63, 3.8) is 0 Å². The number of nitrogens with zero attached hydrogens (tertiary/aromatic N) is 4. The number of nitroso groups, excluding NO2 is 1. The smallest absolute Gasteiger partial charge is 0.229 e. The van der Waals surface area contributed by atoms with E-state index in [9.17, 15) is 9.70 Å². The molecule has 0 spiro atoms. The SMILES string of the molecule is Cc1sc(C=O)cc1Nc1ncc(N(C)N=O)c(NC2CCOCC2)n1. The summed E-state index contributed by atoms with van der Waals surface area (Å²) >= 11 is 1.40. The molecule has 2 aromatic rings. The van der Waals surface area contributed by atoms with Gasteiger partial charge in [0.2, 0.25) is 5.95 Å². The molecule has 1 saturated heterocycles. The number of aromatic nitrogens is 2. The van der Waals surface area contributed by atoms with Gasteiger partial charge in [-0.3, -0.25) is 4.79 Å². The standard InChI is InChI=1S/C16H20N6O3S/c1-10-13(7-12(9-23)26-10)19-16-17-8-14(22(2)21-24)15(20-16)18-11-3-5-25-6-4-11/h7-9,11H,3-6H2,1-2H3,(H2,17,18,19,20). The highest BCUT2D eigenvalue weighted by Gasteiger charge is 2.19. The van der Waals surface area contributed by atoms with Gasteiger partial charge in [0.15, 0.2) is 12.1 Å². The van der Waals surface area contributed by atoms with E-state index in [1.54, 1.807) is 19.3 Å². The molecule has 0 aliphatic carbocycles. The second-order valence-electron chi connectivity index (χ2n) is 5.93. The van der Waals surface area contributed by atoms with Crippen LogP contribution in [-0.4, -0.2) is 42.6 Å². The van der Waals surface area contributed by atoms with Crippen LogP contribution in [0.3, 0.4) is 0 Å². The van der Waals surface area contributed by atoms with Gasteiger partial charge < -0.3 is 15.4 Å². The first kappa shape index (κ1) is 18.2. The predicted molar refractivity (Wildman–Crippen MR) is 101 cm³/mol. The van der Waals surface area contributed by atoms with Crippen LogP contribution in [0, 0.1) is 11.8 Å². The number of nitrogens with one attached hydrogen (secondary N) is 2. The first-order chi connectivity index (χ1) is 12.6. The van der Waals surface area contributed by atoms with Crippen LogP contribution in [0.4, 0.5) is 23.1 Å². The minimum absolute atomic E-state index is 0.204. The fourth-order valence-electron chi connectivity index (χ4n) is 2.67. The first-order valence-corrected chi connectivity index (χ1v) is 9.03. The van der Waals surface area contributed by atoms with Crippen LogP contribution in [0.1, 0.15) is 27.4 Å². The van der Waals surface area contributed by atoms with Crippen LogP contribution >= 0.6 is 11.3 Å². The number of hydrogen-bond acceptors (Lipinski definition) is 9. The molecule has 0 unspecified atom stereocenters. The fraction of sp³-hybridized carbons (Fsp3) is 0.438. The van der Waals surface area contributed by atoms with Gasteiger partial charge in [-0.05, 0) is 25.8 Å². The monoisotopic (exact) mass is 376 g/mol. The molecule has 2 N–H and O–H groups in total. The Labute approximate surface area is 154 Å². The number of ether oxygens (including phenoxy) is 1. The summed E-state index contributed by atoms with van der Waals surface area (Å²) in [5.41, 5.74) is 1.27. The van der Waals surface area contributed by atoms with E-state index in [2.05, 4.69) is 25.9 Å². The third-order valence-electron chi connectivity index (χ3n) is 4.10. The second-order valence-corrected chi connectivity index (χ2v) is 7.21. The Morgan fingerprint density at radius 3 is 2.85 bits per heavy atom. The molecule has 0 radical (unpaired) electrons. The Hall–Kier alpha value is -2.59. The minimum atomic E-state index is 0.204. The summed E-state index contributed by atoms with van der Waals surface area (Å²) in [6.07, 6.45) is 4.07. The van der Waals surface area contributed by atoms with Gasteiger partial charge in [-0.25, -0.2) is 9.99 Å². The van der Waals surface area contributed by atoms with E-state index in [1.165, 1.54) is 16.3 Å². The number of hydrogen-bond donors (Lipinski definition) is 2. The van der Waals surface area contributed by atoms with Gasteiger partial charge in [-0.1, -0.05) is 0 Å². The normalized spacial score (nSPS) is 14.7. The van der Waals surface area contributed by atoms with Crippen molar-refractivity contribution in [3.8, 4) is 0 Å². The number of aryl methyl sites for hydroxylation is 1. The molecule has 9 nitrogen and oxygen atoms in total. The Morgan fingerprint density at radius 1 is 1.42 bits per heavy atom. The summed E-state index contributed by atoms with van der Waals surface area (Å²) < 4.78 is 5.37. The highest BCUT2D eigenvalue weighted by Crippen LogP contribution is 2.30. The van der Waals surface area contributed by atoms with E-state index in [0.29, 0.717) is 35.5 Å². The molecule has 26 heavy (non-hydrogen) atoms. The van der Waals surface area contributed by atoms with E-state index in [4.69, 9.17) is 4.74 Å². The maximum absolute atomic E-state index is 10.9. The van der Waals surface area contributed by atoms with Crippen molar-refractivity contribution < 1.29 is 9.53 Å². The highest BCUT2D eigenvalue weighted by atomic mass is 32.1. The van der Waals surface area contributed by atoms with Crippen LogP contribution in [0.5, 0.6) is 0 Å². The molecular formula is C16H20N6O3S. The zero-order chi connectivity index (χ0) is 18.5. The lowest BCUT2D eigenvalue weighted by atomic mass is 10.1. The van der Waals surface area contributed by atoms with Gasteiger partial charge in [0.1, 0.15) is 5.69 Å². The average Bonchev–Trinajstić information content (AvgIpc) is 3.02. The lowest BCUT2D eigenvalue weighted by Gasteiger charge is -2.25. The largest absolute Gasteiger partial charge is 0.381 e. The molecule has 1 aliphatic rings. The molecular weight excluding hydrogens is 356 g/mol. The van der Waals surface area contributed by atoms with Crippen molar-refractivity contribution in [1.82, 2.24) is 9.97 Å². The maximum Gasteiger partial charge on any atom is 0.229 e. The molecule has 2 aromatic heterocycles. The van der Waals surface area contributed by atoms with Crippen LogP contribution < -0.4 is 15.6 Å². The Bertz CT molecular complexity index is 790. The molecule has 0 atom stereocenters. The molecule has 0 amide bonds. The predicted octanol–water partition coefficient (Wildman–Crippen LogP) is 3.11. The molecule has 0 aromatic carbocycles. The number of aldehydes is 1. The second kappa shape index (κ2) is 8.19. The lowest BCUT2D eigenvalue weighted by Crippen LogP contribution is -2.29. The summed E-state index contributed by atoms with van der Waals surface area (Å²) in [4.78, 5) is 32.2. The summed E-state index contributed by atoms with van der Waals surface area (Å²) in [5.74, 6) is 0.904. The Kier molecular flexibility index (Phi) is 5.74. The highest BCUT2D eigenvalue weighted by molar-refractivity contribution is 7.14. The van der Waals surface area contributed by atoms with Gasteiger partial charge in [0, 0.05) is 31.2 Å². The summed E-state index contributed by atoms with van der Waals surface area (Å²) in [6, 6.07) is 1.96. The summed E-state index contributed by atoms with van der Waals surface area (Å²) in [7, 11) is 1.55. The van der Waals surface area contributed by atoms with Crippen LogP contribution in [0.2, 0.25) is 0 Å². The quantitative estimate of drug-likeness (QED) is 0.431. The van der Waals surface area contributed by atoms with Gasteiger partial charge in [0.25, 0.3) is 0 Å². The van der Waals surface area contributed by atoms with Crippen molar-refractivity contribution >= 4 is 40.8 Å².